The van der Waals surface area contributed by atoms with Gasteiger partial charge in [-0.1, -0.05) is 41.4 Å². The molecule has 1 aromatic heterocycles. The Morgan fingerprint density at radius 3 is 2.44 bits per heavy atom. The molecule has 0 atom stereocenters. The lowest BCUT2D eigenvalue weighted by Gasteiger charge is -2.11. The van der Waals surface area contributed by atoms with Gasteiger partial charge in [0.25, 0.3) is 5.91 Å². The molecule has 1 amide bonds. The molecule has 0 spiro atoms. The molecule has 0 saturated carbocycles. The van der Waals surface area contributed by atoms with E-state index in [9.17, 15) is 4.79 Å². The first-order valence-corrected chi connectivity index (χ1v) is 9.07. The maximum Gasteiger partial charge on any atom is 0.263 e. The van der Waals surface area contributed by atoms with Gasteiger partial charge in [0.15, 0.2) is 6.61 Å². The molecule has 0 unspecified atom stereocenters. The molecule has 0 radical (unpaired) electrons. The normalized spacial score (nSPS) is 10.7. The van der Waals surface area contributed by atoms with E-state index in [-0.39, 0.29) is 12.5 Å². The van der Waals surface area contributed by atoms with E-state index in [1.807, 2.05) is 32.9 Å². The molecule has 0 saturated heterocycles. The summed E-state index contributed by atoms with van der Waals surface area (Å²) in [5.41, 5.74) is 4.16. The lowest BCUT2D eigenvalue weighted by molar-refractivity contribution is -0.118. The quantitative estimate of drug-likeness (QED) is 0.680. The van der Waals surface area contributed by atoms with Crippen molar-refractivity contribution in [1.82, 2.24) is 9.78 Å². The Bertz CT molecular complexity index is 925. The maximum absolute atomic E-state index is 12.3. The van der Waals surface area contributed by atoms with E-state index in [0.717, 1.165) is 16.7 Å². The molecule has 0 aliphatic carbocycles. The molecule has 5 nitrogen and oxygen atoms in total. The molecule has 140 valence electrons. The van der Waals surface area contributed by atoms with Crippen LogP contribution in [0.3, 0.4) is 0 Å². The molecule has 0 aliphatic rings. The molecule has 27 heavy (non-hydrogen) atoms. The smallest absolute Gasteiger partial charge is 0.263 e. The number of nitrogens with one attached hydrogen (secondary N) is 1. The number of ether oxygens (including phenoxy) is 1. The van der Waals surface area contributed by atoms with Crippen LogP contribution in [0.25, 0.3) is 0 Å². The van der Waals surface area contributed by atoms with E-state index in [1.165, 1.54) is 5.56 Å². The summed E-state index contributed by atoms with van der Waals surface area (Å²) in [7, 11) is 0. The van der Waals surface area contributed by atoms with Gasteiger partial charge in [-0.15, -0.1) is 0 Å². The van der Waals surface area contributed by atoms with Gasteiger partial charge >= 0.3 is 0 Å². The van der Waals surface area contributed by atoms with Crippen LogP contribution in [0.2, 0.25) is 5.02 Å². The van der Waals surface area contributed by atoms with Gasteiger partial charge in [0, 0.05) is 11.1 Å². The number of amides is 1. The Kier molecular flexibility index (Phi) is 5.81. The van der Waals surface area contributed by atoms with Gasteiger partial charge in [-0.05, 0) is 49.6 Å². The Morgan fingerprint density at radius 2 is 1.78 bits per heavy atom. The third-order valence-electron chi connectivity index (χ3n) is 4.22. The van der Waals surface area contributed by atoms with E-state index in [0.29, 0.717) is 23.1 Å². The standard InChI is InChI=1S/C21H22ClN3O2/c1-14-4-6-17(7-5-14)12-25-19(8-9-23-25)24-20(26)13-27-18-10-15(2)21(22)16(3)11-18/h4-11H,12-13H2,1-3H3,(H,24,26). The number of halogens is 1. The van der Waals surface area contributed by atoms with Crippen molar-refractivity contribution in [3.8, 4) is 5.75 Å². The molecule has 1 heterocycles. The number of carbonyl (C=O) groups is 1. The maximum atomic E-state index is 12.3. The van der Waals surface area contributed by atoms with E-state index in [2.05, 4.69) is 34.7 Å². The number of carbonyl (C=O) groups excluding carboxylic acids is 1. The van der Waals surface area contributed by atoms with Crippen molar-refractivity contribution in [3.63, 3.8) is 0 Å². The molecule has 0 bridgehead atoms. The van der Waals surface area contributed by atoms with Gasteiger partial charge < -0.3 is 10.1 Å². The third kappa shape index (κ3) is 4.89. The highest BCUT2D eigenvalue weighted by atomic mass is 35.5. The van der Waals surface area contributed by atoms with E-state index in [4.69, 9.17) is 16.3 Å². The van der Waals surface area contributed by atoms with E-state index < -0.39 is 0 Å². The molecular formula is C21H22ClN3O2. The van der Waals surface area contributed by atoms with Crippen molar-refractivity contribution in [1.29, 1.82) is 0 Å². The number of hydrogen-bond donors (Lipinski definition) is 1. The van der Waals surface area contributed by atoms with Gasteiger partial charge in [0.05, 0.1) is 12.7 Å². The molecule has 3 aromatic rings. The molecule has 3 rings (SSSR count). The van der Waals surface area contributed by atoms with Gasteiger partial charge in [-0.2, -0.15) is 5.10 Å². The fraction of sp³-hybridized carbons (Fsp3) is 0.238. The Balaban J connectivity index is 1.60. The first-order chi connectivity index (χ1) is 12.9. The summed E-state index contributed by atoms with van der Waals surface area (Å²) in [6.45, 7) is 6.36. The Hall–Kier alpha value is -2.79. The van der Waals surface area contributed by atoms with Crippen LogP contribution in [0.4, 0.5) is 5.82 Å². The first kappa shape index (κ1) is 19.0. The summed E-state index contributed by atoms with van der Waals surface area (Å²) in [6.07, 6.45) is 1.66. The lowest BCUT2D eigenvalue weighted by Crippen LogP contribution is -2.22. The third-order valence-corrected chi connectivity index (χ3v) is 4.81. The van der Waals surface area contributed by atoms with E-state index >= 15 is 0 Å². The highest BCUT2D eigenvalue weighted by Gasteiger charge is 2.10. The number of aromatic nitrogens is 2. The van der Waals surface area contributed by atoms with Crippen LogP contribution in [0.1, 0.15) is 22.3 Å². The Morgan fingerprint density at radius 1 is 1.11 bits per heavy atom. The number of aryl methyl sites for hydroxylation is 3. The molecule has 2 aromatic carbocycles. The van der Waals surface area contributed by atoms with Gasteiger partial charge in [-0.25, -0.2) is 4.68 Å². The van der Waals surface area contributed by atoms with Crippen LogP contribution >= 0.6 is 11.6 Å². The summed E-state index contributed by atoms with van der Waals surface area (Å²) in [4.78, 5) is 12.3. The van der Waals surface area contributed by atoms with Crippen LogP contribution in [0.15, 0.2) is 48.7 Å². The molecular weight excluding hydrogens is 362 g/mol. The molecule has 6 heteroatoms. The van der Waals surface area contributed by atoms with Crippen LogP contribution in [0, 0.1) is 20.8 Å². The predicted octanol–water partition coefficient (Wildman–Crippen LogP) is 4.53. The minimum Gasteiger partial charge on any atom is -0.484 e. The second kappa shape index (κ2) is 8.27. The van der Waals surface area contributed by atoms with Gasteiger partial charge in [-0.3, -0.25) is 4.79 Å². The average molecular weight is 384 g/mol. The summed E-state index contributed by atoms with van der Waals surface area (Å²) in [6, 6.07) is 13.6. The summed E-state index contributed by atoms with van der Waals surface area (Å²) in [5, 5.41) is 7.84. The monoisotopic (exact) mass is 383 g/mol. The zero-order valence-electron chi connectivity index (χ0n) is 15.6. The van der Waals surface area contributed by atoms with Crippen LogP contribution < -0.4 is 10.1 Å². The Labute approximate surface area is 163 Å². The second-order valence-electron chi connectivity index (χ2n) is 6.57. The van der Waals surface area contributed by atoms with Crippen molar-refractivity contribution in [2.75, 3.05) is 11.9 Å². The predicted molar refractivity (Wildman–Crippen MR) is 108 cm³/mol. The lowest BCUT2D eigenvalue weighted by atomic mass is 10.1. The van der Waals surface area contributed by atoms with Crippen molar-refractivity contribution in [3.05, 3.63) is 75.9 Å². The zero-order chi connectivity index (χ0) is 19.4. The van der Waals surface area contributed by atoms with Crippen molar-refractivity contribution in [2.45, 2.75) is 27.3 Å². The van der Waals surface area contributed by atoms with Crippen molar-refractivity contribution in [2.24, 2.45) is 0 Å². The van der Waals surface area contributed by atoms with Crippen molar-refractivity contribution >= 4 is 23.3 Å². The summed E-state index contributed by atoms with van der Waals surface area (Å²) in [5.74, 6) is 1.01. The van der Waals surface area contributed by atoms with Crippen LogP contribution in [-0.2, 0) is 11.3 Å². The van der Waals surface area contributed by atoms with Gasteiger partial charge in [0.2, 0.25) is 0 Å². The van der Waals surface area contributed by atoms with Crippen molar-refractivity contribution < 1.29 is 9.53 Å². The highest BCUT2D eigenvalue weighted by Crippen LogP contribution is 2.25. The highest BCUT2D eigenvalue weighted by molar-refractivity contribution is 6.32. The van der Waals surface area contributed by atoms with Crippen LogP contribution in [-0.4, -0.2) is 22.3 Å². The topological polar surface area (TPSA) is 56.2 Å². The number of nitrogens with zero attached hydrogens (tertiary/aromatic N) is 2. The fourth-order valence-electron chi connectivity index (χ4n) is 2.75. The number of hydrogen-bond acceptors (Lipinski definition) is 3. The first-order valence-electron chi connectivity index (χ1n) is 8.69. The fourth-order valence-corrected chi connectivity index (χ4v) is 2.86. The SMILES string of the molecule is Cc1ccc(Cn2nccc2NC(=O)COc2cc(C)c(Cl)c(C)c2)cc1. The number of rotatable bonds is 6. The van der Waals surface area contributed by atoms with Gasteiger partial charge in [0.1, 0.15) is 11.6 Å². The average Bonchev–Trinajstić information content (AvgIpc) is 3.06. The number of anilines is 1. The minimum absolute atomic E-state index is 0.0871. The zero-order valence-corrected chi connectivity index (χ0v) is 16.4. The molecule has 1 N–H and O–H groups in total. The molecule has 0 fully saturated rings. The van der Waals surface area contributed by atoms with E-state index in [1.54, 1.807) is 16.9 Å². The number of benzene rings is 2. The largest absolute Gasteiger partial charge is 0.484 e. The summed E-state index contributed by atoms with van der Waals surface area (Å²) >= 11 is 6.16. The van der Waals surface area contributed by atoms with Crippen LogP contribution in [0.5, 0.6) is 5.75 Å². The second-order valence-corrected chi connectivity index (χ2v) is 6.95. The molecule has 0 aliphatic heterocycles. The minimum atomic E-state index is -0.245. The summed E-state index contributed by atoms with van der Waals surface area (Å²) < 4.78 is 7.35.